The first kappa shape index (κ1) is 17.6. The van der Waals surface area contributed by atoms with Gasteiger partial charge in [0.1, 0.15) is 5.92 Å². The highest BCUT2D eigenvalue weighted by Gasteiger charge is 2.39. The van der Waals surface area contributed by atoms with E-state index in [0.717, 1.165) is 0 Å². The van der Waals surface area contributed by atoms with Crippen LogP contribution in [0.15, 0.2) is 30.5 Å². The van der Waals surface area contributed by atoms with Gasteiger partial charge in [-0.05, 0) is 23.6 Å². The van der Waals surface area contributed by atoms with Gasteiger partial charge in [0.05, 0.1) is 12.6 Å². The lowest BCUT2D eigenvalue weighted by atomic mass is 9.89. The summed E-state index contributed by atoms with van der Waals surface area (Å²) in [6.07, 6.45) is 0. The van der Waals surface area contributed by atoms with E-state index in [4.69, 9.17) is 27.9 Å². The summed E-state index contributed by atoms with van der Waals surface area (Å²) in [6, 6.07) is 3.78. The summed E-state index contributed by atoms with van der Waals surface area (Å²) in [4.78, 5) is 24.2. The van der Waals surface area contributed by atoms with Crippen LogP contribution in [-0.2, 0) is 9.53 Å². The highest BCUT2D eigenvalue weighted by atomic mass is 35.5. The van der Waals surface area contributed by atoms with Crippen LogP contribution in [0.1, 0.15) is 25.5 Å². The average Bonchev–Trinajstić information content (AvgIpc) is 2.44. The van der Waals surface area contributed by atoms with Crippen molar-refractivity contribution in [3.8, 4) is 0 Å². The van der Waals surface area contributed by atoms with Crippen molar-refractivity contribution in [2.45, 2.75) is 19.9 Å². The Morgan fingerprint density at radius 2 is 2.09 bits per heavy atom. The highest BCUT2D eigenvalue weighted by Crippen LogP contribution is 2.35. The van der Waals surface area contributed by atoms with Crippen LogP contribution in [0, 0.1) is 11.8 Å². The summed E-state index contributed by atoms with van der Waals surface area (Å²) in [5.41, 5.74) is 0.858. The molecule has 1 aromatic carbocycles. The number of carbonyl (C=O) groups is 2. The van der Waals surface area contributed by atoms with Gasteiger partial charge in [0.15, 0.2) is 0 Å². The van der Waals surface area contributed by atoms with Crippen molar-refractivity contribution in [2.24, 2.45) is 11.8 Å². The molecule has 1 aliphatic rings. The maximum atomic E-state index is 12.4. The molecule has 2 rings (SSSR count). The van der Waals surface area contributed by atoms with Gasteiger partial charge < -0.3 is 15.4 Å². The molecule has 0 aromatic heterocycles. The Hall–Kier alpha value is -1.72. The van der Waals surface area contributed by atoms with Crippen LogP contribution in [-0.4, -0.2) is 18.6 Å². The number of nitrogens with one attached hydrogen (secondary N) is 2. The average molecular weight is 357 g/mol. The third-order valence-electron chi connectivity index (χ3n) is 3.38. The molecule has 124 valence electrons. The van der Waals surface area contributed by atoms with Gasteiger partial charge in [0.25, 0.3) is 0 Å². The van der Waals surface area contributed by atoms with Gasteiger partial charge in [-0.3, -0.25) is 4.79 Å². The Morgan fingerprint density at radius 3 is 2.70 bits per heavy atom. The van der Waals surface area contributed by atoms with Crippen LogP contribution in [0.25, 0.3) is 0 Å². The zero-order chi connectivity index (χ0) is 17.1. The monoisotopic (exact) mass is 356 g/mol. The molecule has 1 saturated heterocycles. The number of urea groups is 1. The van der Waals surface area contributed by atoms with Gasteiger partial charge >= 0.3 is 12.0 Å². The summed E-state index contributed by atoms with van der Waals surface area (Å²) >= 11 is 12.1. The van der Waals surface area contributed by atoms with Crippen LogP contribution in [0.4, 0.5) is 4.79 Å². The van der Waals surface area contributed by atoms with Gasteiger partial charge in [0, 0.05) is 15.7 Å². The fourth-order valence-electron chi connectivity index (χ4n) is 2.31. The molecule has 0 radical (unpaired) electrons. The third kappa shape index (κ3) is 4.18. The first-order chi connectivity index (χ1) is 10.8. The van der Waals surface area contributed by atoms with Gasteiger partial charge in [-0.25, -0.2) is 4.79 Å². The van der Waals surface area contributed by atoms with E-state index in [0.29, 0.717) is 15.6 Å². The van der Waals surface area contributed by atoms with Crippen molar-refractivity contribution in [3.63, 3.8) is 0 Å². The van der Waals surface area contributed by atoms with Crippen molar-refractivity contribution in [1.29, 1.82) is 0 Å². The number of hydrogen-bond donors (Lipinski definition) is 2. The zero-order valence-corrected chi connectivity index (χ0v) is 14.4. The summed E-state index contributed by atoms with van der Waals surface area (Å²) < 4.78 is 5.30. The molecule has 2 atom stereocenters. The smallest absolute Gasteiger partial charge is 0.319 e. The molecule has 1 aromatic rings. The molecule has 0 spiro atoms. The molecule has 5 nitrogen and oxygen atoms in total. The van der Waals surface area contributed by atoms with E-state index in [1.54, 1.807) is 18.2 Å². The molecule has 2 unspecified atom stereocenters. The van der Waals surface area contributed by atoms with Gasteiger partial charge in [0.2, 0.25) is 0 Å². The maximum Gasteiger partial charge on any atom is 0.319 e. The number of carbonyl (C=O) groups excluding carboxylic acids is 2. The first-order valence-electron chi connectivity index (χ1n) is 7.17. The van der Waals surface area contributed by atoms with Crippen LogP contribution in [0.2, 0.25) is 10.0 Å². The Kier molecular flexibility index (Phi) is 5.55. The molecule has 1 fully saturated rings. The molecule has 7 heteroatoms. The van der Waals surface area contributed by atoms with Crippen molar-refractivity contribution in [1.82, 2.24) is 10.6 Å². The largest absolute Gasteiger partial charge is 0.465 e. The number of ether oxygens (including phenoxy) is 1. The van der Waals surface area contributed by atoms with E-state index >= 15 is 0 Å². The lowest BCUT2D eigenvalue weighted by molar-refractivity contribution is -0.149. The fraction of sp³-hybridized carbons (Fsp3) is 0.375. The second-order valence-corrected chi connectivity index (χ2v) is 6.61. The molecule has 2 N–H and O–H groups in total. The fourth-order valence-corrected chi connectivity index (χ4v) is 2.84. The minimum Gasteiger partial charge on any atom is -0.465 e. The molecule has 0 bridgehead atoms. The number of benzene rings is 1. The Balaban J connectivity index is 2.33. The summed E-state index contributed by atoms with van der Waals surface area (Å²) in [5, 5.41) is 6.05. The van der Waals surface area contributed by atoms with Gasteiger partial charge in [-0.15, -0.1) is 0 Å². The molecule has 2 amide bonds. The quantitative estimate of drug-likeness (QED) is 0.808. The van der Waals surface area contributed by atoms with E-state index in [1.807, 2.05) is 13.8 Å². The molecular formula is C16H18Cl2N2O3. The van der Waals surface area contributed by atoms with Crippen LogP contribution >= 0.6 is 23.2 Å². The predicted octanol–water partition coefficient (Wildman–Crippen LogP) is 3.68. The summed E-state index contributed by atoms with van der Waals surface area (Å²) in [7, 11) is 0. The van der Waals surface area contributed by atoms with E-state index in [1.165, 1.54) is 0 Å². The minimum atomic E-state index is -0.773. The van der Waals surface area contributed by atoms with Crippen molar-refractivity contribution >= 4 is 35.2 Å². The van der Waals surface area contributed by atoms with Crippen molar-refractivity contribution in [3.05, 3.63) is 46.1 Å². The Labute approximate surface area is 145 Å². The normalized spacial score (nSPS) is 20.9. The Morgan fingerprint density at radius 1 is 1.39 bits per heavy atom. The van der Waals surface area contributed by atoms with Gasteiger partial charge in [-0.1, -0.05) is 49.7 Å². The first-order valence-corrected chi connectivity index (χ1v) is 7.93. The lowest BCUT2D eigenvalue weighted by Crippen LogP contribution is -2.51. The van der Waals surface area contributed by atoms with E-state index in [-0.39, 0.29) is 18.2 Å². The maximum absolute atomic E-state index is 12.4. The highest BCUT2D eigenvalue weighted by molar-refractivity contribution is 6.35. The summed E-state index contributed by atoms with van der Waals surface area (Å²) in [5.74, 6) is -1.03. The lowest BCUT2D eigenvalue weighted by Gasteiger charge is -2.33. The van der Waals surface area contributed by atoms with Crippen molar-refractivity contribution in [2.75, 3.05) is 6.61 Å². The molecule has 1 aliphatic heterocycles. The van der Waals surface area contributed by atoms with E-state index < -0.39 is 24.0 Å². The van der Waals surface area contributed by atoms with E-state index in [2.05, 4.69) is 17.2 Å². The van der Waals surface area contributed by atoms with Crippen molar-refractivity contribution < 1.29 is 14.3 Å². The standard InChI is InChI=1S/C16H18Cl2N2O3/c1-8(2)7-23-15(21)13-9(3)19-16(22)20-14(13)11-5-4-10(17)6-12(11)18/h4-6,8,13-14H,3,7H2,1-2H3,(H2,19,20,22). The Bertz CT molecular complexity index is 646. The number of amides is 2. The minimum absolute atomic E-state index is 0.205. The molecule has 0 aliphatic carbocycles. The van der Waals surface area contributed by atoms with Crippen LogP contribution < -0.4 is 10.6 Å². The SMILES string of the molecule is C=C1NC(=O)NC(c2ccc(Cl)cc2Cl)C1C(=O)OCC(C)C. The topological polar surface area (TPSA) is 67.4 Å². The number of rotatable bonds is 4. The third-order valence-corrected chi connectivity index (χ3v) is 3.94. The molecule has 0 saturated carbocycles. The van der Waals surface area contributed by atoms with Gasteiger partial charge in [-0.2, -0.15) is 0 Å². The zero-order valence-electron chi connectivity index (χ0n) is 12.9. The van der Waals surface area contributed by atoms with E-state index in [9.17, 15) is 9.59 Å². The second-order valence-electron chi connectivity index (χ2n) is 5.77. The number of esters is 1. The van der Waals surface area contributed by atoms with Crippen LogP contribution in [0.3, 0.4) is 0 Å². The van der Waals surface area contributed by atoms with Crippen LogP contribution in [0.5, 0.6) is 0 Å². The predicted molar refractivity (Wildman–Crippen MR) is 89.3 cm³/mol. The summed E-state index contributed by atoms with van der Waals surface area (Å²) in [6.45, 7) is 7.95. The molecular weight excluding hydrogens is 339 g/mol. The number of hydrogen-bond acceptors (Lipinski definition) is 3. The number of halogens is 2. The molecule has 23 heavy (non-hydrogen) atoms. The second kappa shape index (κ2) is 7.23. The molecule has 1 heterocycles.